The Morgan fingerprint density at radius 1 is 1.35 bits per heavy atom. The number of aryl methyl sites for hydroxylation is 1. The van der Waals surface area contributed by atoms with E-state index in [1.54, 1.807) is 23.5 Å². The molecule has 3 rings (SSSR count). The molecule has 1 aromatic carbocycles. The molecule has 0 saturated carbocycles. The maximum atomic E-state index is 13.6. The zero-order chi connectivity index (χ0) is 14.3. The lowest BCUT2D eigenvalue weighted by atomic mass is 10.0. The van der Waals surface area contributed by atoms with Crippen molar-refractivity contribution in [3.05, 3.63) is 51.5 Å². The van der Waals surface area contributed by atoms with Crippen molar-refractivity contribution < 1.29 is 4.39 Å². The molecule has 106 valence electrons. The summed E-state index contributed by atoms with van der Waals surface area (Å²) >= 11 is 1.74. The van der Waals surface area contributed by atoms with Gasteiger partial charge in [-0.05, 0) is 55.0 Å². The summed E-state index contributed by atoms with van der Waals surface area (Å²) in [7, 11) is 0. The van der Waals surface area contributed by atoms with Gasteiger partial charge in [0.15, 0.2) is 0 Å². The summed E-state index contributed by atoms with van der Waals surface area (Å²) in [5.74, 6) is -0.179. The van der Waals surface area contributed by atoms with Gasteiger partial charge in [-0.15, -0.1) is 11.3 Å². The van der Waals surface area contributed by atoms with Crippen LogP contribution in [0.3, 0.4) is 0 Å². The third kappa shape index (κ3) is 2.23. The number of hydrogen-bond acceptors (Lipinski definition) is 3. The quantitative estimate of drug-likeness (QED) is 0.935. The van der Waals surface area contributed by atoms with Crippen LogP contribution in [0.15, 0.2) is 29.6 Å². The topological polar surface area (TPSA) is 29.3 Å². The number of thiophene rings is 1. The molecule has 2 nitrogen and oxygen atoms in total. The van der Waals surface area contributed by atoms with Crippen LogP contribution in [0.4, 0.5) is 10.1 Å². The molecular formula is C16H19FN2S. The number of fused-ring (bicyclic) bond motifs is 1. The van der Waals surface area contributed by atoms with Crippen LogP contribution in [0.1, 0.15) is 29.0 Å². The van der Waals surface area contributed by atoms with Gasteiger partial charge in [0.05, 0.1) is 6.04 Å². The van der Waals surface area contributed by atoms with Gasteiger partial charge >= 0.3 is 0 Å². The summed E-state index contributed by atoms with van der Waals surface area (Å²) in [6.45, 7) is 5.05. The molecule has 0 fully saturated rings. The van der Waals surface area contributed by atoms with Crippen LogP contribution in [-0.4, -0.2) is 12.6 Å². The van der Waals surface area contributed by atoms with Crippen LogP contribution in [0.25, 0.3) is 0 Å². The van der Waals surface area contributed by atoms with Crippen molar-refractivity contribution in [3.63, 3.8) is 0 Å². The second-order valence-electron chi connectivity index (χ2n) is 5.49. The molecule has 2 heterocycles. The molecular weight excluding hydrogens is 271 g/mol. The molecule has 2 unspecified atom stereocenters. The maximum absolute atomic E-state index is 13.6. The minimum Gasteiger partial charge on any atom is -0.361 e. The normalized spacial score (nSPS) is 17.1. The van der Waals surface area contributed by atoms with E-state index in [4.69, 9.17) is 5.73 Å². The highest BCUT2D eigenvalue weighted by Crippen LogP contribution is 2.39. The first kappa shape index (κ1) is 13.6. The zero-order valence-electron chi connectivity index (χ0n) is 11.8. The van der Waals surface area contributed by atoms with Crippen LogP contribution in [0.2, 0.25) is 0 Å². The SMILES string of the molecule is Cc1ccsc1C(C(C)N)N1CCc2ccc(F)cc21. The molecule has 4 heteroatoms. The Hall–Kier alpha value is -1.39. The summed E-state index contributed by atoms with van der Waals surface area (Å²) in [5, 5.41) is 2.10. The molecule has 2 N–H and O–H groups in total. The molecule has 1 aromatic heterocycles. The van der Waals surface area contributed by atoms with Crippen molar-refractivity contribution in [2.75, 3.05) is 11.4 Å². The van der Waals surface area contributed by atoms with Crippen molar-refractivity contribution in [2.24, 2.45) is 5.73 Å². The second-order valence-corrected chi connectivity index (χ2v) is 6.44. The minimum atomic E-state index is -0.179. The monoisotopic (exact) mass is 290 g/mol. The first-order valence-electron chi connectivity index (χ1n) is 6.92. The highest BCUT2D eigenvalue weighted by atomic mass is 32.1. The van der Waals surface area contributed by atoms with E-state index in [1.807, 2.05) is 13.0 Å². The van der Waals surface area contributed by atoms with E-state index in [-0.39, 0.29) is 17.9 Å². The average Bonchev–Trinajstić information content (AvgIpc) is 2.98. The molecule has 0 saturated heterocycles. The number of anilines is 1. The summed E-state index contributed by atoms with van der Waals surface area (Å²) in [6, 6.07) is 7.32. The molecule has 0 spiro atoms. The highest BCUT2D eigenvalue weighted by molar-refractivity contribution is 7.10. The lowest BCUT2D eigenvalue weighted by molar-refractivity contribution is 0.546. The van der Waals surface area contributed by atoms with Crippen LogP contribution in [0.5, 0.6) is 0 Å². The van der Waals surface area contributed by atoms with Gasteiger partial charge in [0.25, 0.3) is 0 Å². The van der Waals surface area contributed by atoms with Gasteiger partial charge in [-0.3, -0.25) is 0 Å². The number of nitrogens with zero attached hydrogens (tertiary/aromatic N) is 1. The molecule has 2 atom stereocenters. The van der Waals surface area contributed by atoms with Gasteiger partial charge < -0.3 is 10.6 Å². The van der Waals surface area contributed by atoms with E-state index in [0.29, 0.717) is 0 Å². The Kier molecular flexibility index (Phi) is 3.52. The van der Waals surface area contributed by atoms with Crippen molar-refractivity contribution in [1.29, 1.82) is 0 Å². The van der Waals surface area contributed by atoms with E-state index >= 15 is 0 Å². The standard InChI is InChI=1S/C16H19FN2S/c1-10-6-8-20-16(10)15(11(2)18)19-7-5-12-3-4-13(17)9-14(12)19/h3-4,6,8-9,11,15H,5,7,18H2,1-2H3. The van der Waals surface area contributed by atoms with E-state index < -0.39 is 0 Å². The number of benzene rings is 1. The molecule has 0 aliphatic carbocycles. The van der Waals surface area contributed by atoms with Crippen molar-refractivity contribution in [1.82, 2.24) is 0 Å². The number of rotatable bonds is 3. The first-order chi connectivity index (χ1) is 9.58. The van der Waals surface area contributed by atoms with Crippen LogP contribution in [-0.2, 0) is 6.42 Å². The van der Waals surface area contributed by atoms with E-state index in [1.165, 1.54) is 16.0 Å². The predicted octanol–water partition coefficient (Wildman–Crippen LogP) is 3.65. The highest BCUT2D eigenvalue weighted by Gasteiger charge is 2.31. The Bertz CT molecular complexity index is 621. The number of nitrogens with two attached hydrogens (primary N) is 1. The predicted molar refractivity (Wildman–Crippen MR) is 82.9 cm³/mol. The lowest BCUT2D eigenvalue weighted by Crippen LogP contribution is -2.38. The van der Waals surface area contributed by atoms with Crippen LogP contribution in [0, 0.1) is 12.7 Å². The molecule has 1 aliphatic heterocycles. The smallest absolute Gasteiger partial charge is 0.125 e. The summed E-state index contributed by atoms with van der Waals surface area (Å²) in [4.78, 5) is 3.55. The molecule has 0 bridgehead atoms. The molecule has 0 amide bonds. The van der Waals surface area contributed by atoms with Gasteiger partial charge in [-0.1, -0.05) is 6.07 Å². The van der Waals surface area contributed by atoms with Gasteiger partial charge in [0, 0.05) is 23.2 Å². The van der Waals surface area contributed by atoms with Gasteiger partial charge in [0.1, 0.15) is 5.82 Å². The van der Waals surface area contributed by atoms with Crippen molar-refractivity contribution in [3.8, 4) is 0 Å². The Morgan fingerprint density at radius 2 is 2.15 bits per heavy atom. The fraction of sp³-hybridized carbons (Fsp3) is 0.375. The summed E-state index contributed by atoms with van der Waals surface area (Å²) < 4.78 is 13.6. The maximum Gasteiger partial charge on any atom is 0.125 e. The van der Waals surface area contributed by atoms with Crippen LogP contribution < -0.4 is 10.6 Å². The van der Waals surface area contributed by atoms with Gasteiger partial charge in [-0.25, -0.2) is 4.39 Å². The third-order valence-electron chi connectivity index (χ3n) is 3.98. The van der Waals surface area contributed by atoms with Gasteiger partial charge in [0.2, 0.25) is 0 Å². The van der Waals surface area contributed by atoms with E-state index in [9.17, 15) is 4.39 Å². The molecule has 0 radical (unpaired) electrons. The number of hydrogen-bond donors (Lipinski definition) is 1. The molecule has 20 heavy (non-hydrogen) atoms. The molecule has 2 aromatic rings. The fourth-order valence-corrected chi connectivity index (χ4v) is 4.17. The summed E-state index contributed by atoms with van der Waals surface area (Å²) in [6.07, 6.45) is 0.962. The average molecular weight is 290 g/mol. The van der Waals surface area contributed by atoms with E-state index in [2.05, 4.69) is 23.3 Å². The zero-order valence-corrected chi connectivity index (χ0v) is 12.6. The fourth-order valence-electron chi connectivity index (χ4n) is 3.02. The minimum absolute atomic E-state index is 0.00145. The van der Waals surface area contributed by atoms with Crippen molar-refractivity contribution >= 4 is 17.0 Å². The lowest BCUT2D eigenvalue weighted by Gasteiger charge is -2.33. The van der Waals surface area contributed by atoms with Crippen LogP contribution >= 0.6 is 11.3 Å². The molecule has 1 aliphatic rings. The Morgan fingerprint density at radius 3 is 2.80 bits per heavy atom. The first-order valence-corrected chi connectivity index (χ1v) is 7.80. The number of halogens is 1. The Balaban J connectivity index is 2.04. The summed E-state index contributed by atoms with van der Waals surface area (Å²) in [5.41, 5.74) is 9.72. The Labute approximate surface area is 123 Å². The van der Waals surface area contributed by atoms with Gasteiger partial charge in [-0.2, -0.15) is 0 Å². The largest absolute Gasteiger partial charge is 0.361 e. The van der Waals surface area contributed by atoms with Crippen molar-refractivity contribution in [2.45, 2.75) is 32.4 Å². The second kappa shape index (κ2) is 5.19. The van der Waals surface area contributed by atoms with E-state index in [0.717, 1.165) is 18.7 Å². The third-order valence-corrected chi connectivity index (χ3v) is 5.07.